The molecule has 0 saturated carbocycles. The molecule has 0 aromatic heterocycles. The second-order valence-electron chi connectivity index (χ2n) is 5.02. The van der Waals surface area contributed by atoms with Gasteiger partial charge in [-0.1, -0.05) is 18.6 Å². The number of carbonyl (C=O) groups excluding carboxylic acids is 2. The number of esters is 1. The summed E-state index contributed by atoms with van der Waals surface area (Å²) >= 11 is 0. The number of ether oxygens (including phenoxy) is 1. The van der Waals surface area contributed by atoms with E-state index in [2.05, 4.69) is 10.2 Å². The molecule has 20 heavy (non-hydrogen) atoms. The van der Waals surface area contributed by atoms with Gasteiger partial charge in [0.15, 0.2) is 0 Å². The smallest absolute Gasteiger partial charge is 0.339 e. The largest absolute Gasteiger partial charge is 0.465 e. The van der Waals surface area contributed by atoms with Crippen LogP contribution < -0.4 is 5.32 Å². The summed E-state index contributed by atoms with van der Waals surface area (Å²) in [5, 5.41) is 2.84. The maximum atomic E-state index is 12.3. The number of para-hydroxylation sites is 1. The summed E-state index contributed by atoms with van der Waals surface area (Å²) in [5.41, 5.74) is 0.880. The van der Waals surface area contributed by atoms with Crippen molar-refractivity contribution >= 4 is 17.6 Å². The fourth-order valence-electron chi connectivity index (χ4n) is 2.50. The summed E-state index contributed by atoms with van der Waals surface area (Å²) in [5.74, 6) is -0.513. The fraction of sp³-hybridized carbons (Fsp3) is 0.467. The SMILES string of the molecule is COC(=O)c1ccccc1NC(=O)C1CCCCN1C. The normalized spacial score (nSPS) is 19.4. The van der Waals surface area contributed by atoms with Crippen molar-refractivity contribution in [2.45, 2.75) is 25.3 Å². The van der Waals surface area contributed by atoms with E-state index in [-0.39, 0.29) is 11.9 Å². The van der Waals surface area contributed by atoms with Gasteiger partial charge in [-0.05, 0) is 38.6 Å². The molecule has 0 spiro atoms. The van der Waals surface area contributed by atoms with Crippen LogP contribution in [0.1, 0.15) is 29.6 Å². The van der Waals surface area contributed by atoms with Crippen molar-refractivity contribution in [3.05, 3.63) is 29.8 Å². The topological polar surface area (TPSA) is 58.6 Å². The highest BCUT2D eigenvalue weighted by Gasteiger charge is 2.26. The molecular weight excluding hydrogens is 256 g/mol. The number of anilines is 1. The number of likely N-dealkylation sites (N-methyl/N-ethyl adjacent to an activating group) is 1. The van der Waals surface area contributed by atoms with Gasteiger partial charge in [0, 0.05) is 0 Å². The summed E-state index contributed by atoms with van der Waals surface area (Å²) in [6.07, 6.45) is 3.03. The lowest BCUT2D eigenvalue weighted by Gasteiger charge is -2.31. The predicted octanol–water partition coefficient (Wildman–Crippen LogP) is 1.90. The van der Waals surface area contributed by atoms with Gasteiger partial charge in [0.2, 0.25) is 5.91 Å². The molecule has 0 aliphatic carbocycles. The molecule has 5 heteroatoms. The number of benzene rings is 1. The minimum atomic E-state index is -0.446. The van der Waals surface area contributed by atoms with E-state index in [9.17, 15) is 9.59 Å². The van der Waals surface area contributed by atoms with Crippen molar-refractivity contribution in [1.82, 2.24) is 4.90 Å². The number of hydrogen-bond acceptors (Lipinski definition) is 4. The van der Waals surface area contributed by atoms with Crippen molar-refractivity contribution in [1.29, 1.82) is 0 Å². The van der Waals surface area contributed by atoms with Crippen LogP contribution in [0.4, 0.5) is 5.69 Å². The van der Waals surface area contributed by atoms with Crippen LogP contribution >= 0.6 is 0 Å². The first-order valence-electron chi connectivity index (χ1n) is 6.82. The van der Waals surface area contributed by atoms with Crippen molar-refractivity contribution in [3.8, 4) is 0 Å². The zero-order valence-corrected chi connectivity index (χ0v) is 11.9. The Morgan fingerprint density at radius 1 is 1.30 bits per heavy atom. The highest BCUT2D eigenvalue weighted by molar-refractivity contribution is 6.02. The van der Waals surface area contributed by atoms with Gasteiger partial charge in [-0.25, -0.2) is 4.79 Å². The second kappa shape index (κ2) is 6.52. The van der Waals surface area contributed by atoms with E-state index in [1.807, 2.05) is 7.05 Å². The monoisotopic (exact) mass is 276 g/mol. The first-order chi connectivity index (χ1) is 9.63. The molecule has 1 heterocycles. The van der Waals surface area contributed by atoms with E-state index in [0.717, 1.165) is 25.8 Å². The van der Waals surface area contributed by atoms with Crippen molar-refractivity contribution < 1.29 is 14.3 Å². The van der Waals surface area contributed by atoms with Crippen molar-refractivity contribution in [3.63, 3.8) is 0 Å². The number of hydrogen-bond donors (Lipinski definition) is 1. The van der Waals surface area contributed by atoms with E-state index in [4.69, 9.17) is 4.74 Å². The van der Waals surface area contributed by atoms with E-state index < -0.39 is 5.97 Å². The lowest BCUT2D eigenvalue weighted by atomic mass is 10.0. The molecule has 1 atom stereocenters. The maximum absolute atomic E-state index is 12.3. The summed E-state index contributed by atoms with van der Waals surface area (Å²) in [6.45, 7) is 0.927. The summed E-state index contributed by atoms with van der Waals surface area (Å²) < 4.78 is 4.72. The van der Waals surface area contributed by atoms with E-state index in [1.54, 1.807) is 24.3 Å². The van der Waals surface area contributed by atoms with Gasteiger partial charge in [0.05, 0.1) is 24.4 Å². The predicted molar refractivity (Wildman–Crippen MR) is 76.7 cm³/mol. The lowest BCUT2D eigenvalue weighted by molar-refractivity contribution is -0.121. The minimum Gasteiger partial charge on any atom is -0.465 e. The molecule has 0 bridgehead atoms. The van der Waals surface area contributed by atoms with Crippen LogP contribution in [0.25, 0.3) is 0 Å². The molecule has 1 amide bonds. The average Bonchev–Trinajstić information content (AvgIpc) is 2.47. The molecule has 1 aromatic carbocycles. The number of rotatable bonds is 3. The van der Waals surface area contributed by atoms with Crippen molar-refractivity contribution in [2.24, 2.45) is 0 Å². The zero-order valence-electron chi connectivity index (χ0n) is 11.9. The standard InChI is InChI=1S/C15H20N2O3/c1-17-10-6-5-9-13(17)14(18)16-12-8-4-3-7-11(12)15(19)20-2/h3-4,7-8,13H,5-6,9-10H2,1-2H3,(H,16,18). The molecule has 108 valence electrons. The molecule has 1 aliphatic heterocycles. The third-order valence-corrected chi connectivity index (χ3v) is 3.66. The Bertz CT molecular complexity index is 502. The van der Waals surface area contributed by atoms with E-state index in [0.29, 0.717) is 11.3 Å². The van der Waals surface area contributed by atoms with Crippen LogP contribution in [0.2, 0.25) is 0 Å². The fourth-order valence-corrected chi connectivity index (χ4v) is 2.50. The summed E-state index contributed by atoms with van der Waals surface area (Å²) in [4.78, 5) is 26.1. The van der Waals surface area contributed by atoms with Crippen molar-refractivity contribution in [2.75, 3.05) is 26.0 Å². The van der Waals surface area contributed by atoms with Gasteiger partial charge in [0.1, 0.15) is 0 Å². The molecule has 1 aromatic rings. The number of piperidine rings is 1. The van der Waals surface area contributed by atoms with Crippen LogP contribution in [0.3, 0.4) is 0 Å². The van der Waals surface area contributed by atoms with Gasteiger partial charge in [-0.15, -0.1) is 0 Å². The Labute approximate surface area is 118 Å². The van der Waals surface area contributed by atoms with Crippen LogP contribution in [0.15, 0.2) is 24.3 Å². The average molecular weight is 276 g/mol. The molecule has 1 fully saturated rings. The highest BCUT2D eigenvalue weighted by Crippen LogP contribution is 2.20. The van der Waals surface area contributed by atoms with E-state index >= 15 is 0 Å². The van der Waals surface area contributed by atoms with E-state index in [1.165, 1.54) is 7.11 Å². The highest BCUT2D eigenvalue weighted by atomic mass is 16.5. The van der Waals surface area contributed by atoms with Crippen LogP contribution in [-0.2, 0) is 9.53 Å². The third kappa shape index (κ3) is 3.17. The molecule has 1 unspecified atom stereocenters. The first kappa shape index (κ1) is 14.5. The molecule has 5 nitrogen and oxygen atoms in total. The Hall–Kier alpha value is -1.88. The quantitative estimate of drug-likeness (QED) is 0.857. The van der Waals surface area contributed by atoms with Gasteiger partial charge in [0.25, 0.3) is 0 Å². The Morgan fingerprint density at radius 2 is 2.05 bits per heavy atom. The molecule has 0 radical (unpaired) electrons. The zero-order chi connectivity index (χ0) is 14.5. The number of nitrogens with zero attached hydrogens (tertiary/aromatic N) is 1. The first-order valence-corrected chi connectivity index (χ1v) is 6.82. The van der Waals surface area contributed by atoms with Crippen LogP contribution in [-0.4, -0.2) is 43.5 Å². The second-order valence-corrected chi connectivity index (χ2v) is 5.02. The lowest BCUT2D eigenvalue weighted by Crippen LogP contribution is -2.44. The van der Waals surface area contributed by atoms with Gasteiger partial charge < -0.3 is 10.1 Å². The molecular formula is C15H20N2O3. The Balaban J connectivity index is 2.13. The minimum absolute atomic E-state index is 0.0662. The number of carbonyl (C=O) groups is 2. The van der Waals surface area contributed by atoms with Crippen LogP contribution in [0, 0.1) is 0 Å². The number of nitrogens with one attached hydrogen (secondary N) is 1. The summed E-state index contributed by atoms with van der Waals surface area (Å²) in [7, 11) is 3.28. The van der Waals surface area contributed by atoms with Crippen LogP contribution in [0.5, 0.6) is 0 Å². The summed E-state index contributed by atoms with van der Waals surface area (Å²) in [6, 6.07) is 6.76. The molecule has 1 saturated heterocycles. The molecule has 2 rings (SSSR count). The Kier molecular flexibility index (Phi) is 4.74. The number of amides is 1. The Morgan fingerprint density at radius 3 is 2.75 bits per heavy atom. The molecule has 1 aliphatic rings. The third-order valence-electron chi connectivity index (χ3n) is 3.66. The maximum Gasteiger partial charge on any atom is 0.339 e. The number of likely N-dealkylation sites (tertiary alicyclic amines) is 1. The molecule has 1 N–H and O–H groups in total. The number of methoxy groups -OCH3 is 1. The van der Waals surface area contributed by atoms with Gasteiger partial charge in [-0.2, -0.15) is 0 Å². The van der Waals surface area contributed by atoms with Gasteiger partial charge >= 0.3 is 5.97 Å². The van der Waals surface area contributed by atoms with Gasteiger partial charge in [-0.3, -0.25) is 9.69 Å².